The summed E-state index contributed by atoms with van der Waals surface area (Å²) in [6.45, 7) is 1.89. The van der Waals surface area contributed by atoms with Crippen molar-refractivity contribution in [1.82, 2.24) is 14.1 Å². The third-order valence-corrected chi connectivity index (χ3v) is 5.21. The SMILES string of the molecule is CN(CC1CCOCC1)S(=O)(=O)c1cn(C)nc1N. The smallest absolute Gasteiger partial charge is 0.248 e. The van der Waals surface area contributed by atoms with Gasteiger partial charge in [0.1, 0.15) is 4.90 Å². The molecule has 1 aromatic heterocycles. The largest absolute Gasteiger partial charge is 0.381 e. The Kier molecular flexibility index (Phi) is 4.12. The van der Waals surface area contributed by atoms with E-state index in [2.05, 4.69) is 5.10 Å². The van der Waals surface area contributed by atoms with Gasteiger partial charge in [-0.25, -0.2) is 12.7 Å². The molecule has 0 atom stereocenters. The van der Waals surface area contributed by atoms with Crippen LogP contribution in [0, 0.1) is 5.92 Å². The summed E-state index contributed by atoms with van der Waals surface area (Å²) in [5, 5.41) is 3.88. The fraction of sp³-hybridized carbons (Fsp3) is 0.727. The number of hydrogen-bond donors (Lipinski definition) is 1. The minimum Gasteiger partial charge on any atom is -0.381 e. The van der Waals surface area contributed by atoms with E-state index in [0.717, 1.165) is 12.8 Å². The third kappa shape index (κ3) is 3.07. The number of nitrogen functional groups attached to an aromatic ring is 1. The molecule has 1 fully saturated rings. The first-order valence-electron chi connectivity index (χ1n) is 6.24. The summed E-state index contributed by atoms with van der Waals surface area (Å²) in [7, 11) is -0.337. The van der Waals surface area contributed by atoms with Crippen LogP contribution >= 0.6 is 0 Å². The molecule has 2 N–H and O–H groups in total. The molecule has 0 aliphatic carbocycles. The van der Waals surface area contributed by atoms with Crippen molar-refractivity contribution in [3.63, 3.8) is 0 Å². The highest BCUT2D eigenvalue weighted by Gasteiger charge is 2.28. The number of sulfonamides is 1. The lowest BCUT2D eigenvalue weighted by molar-refractivity contribution is 0.0620. The molecule has 2 heterocycles. The van der Waals surface area contributed by atoms with Gasteiger partial charge in [0.15, 0.2) is 5.82 Å². The number of hydrogen-bond acceptors (Lipinski definition) is 5. The van der Waals surface area contributed by atoms with Gasteiger partial charge in [-0.05, 0) is 18.8 Å². The average molecular weight is 288 g/mol. The highest BCUT2D eigenvalue weighted by Crippen LogP contribution is 2.23. The highest BCUT2D eigenvalue weighted by atomic mass is 32.2. The van der Waals surface area contributed by atoms with Crippen molar-refractivity contribution in [1.29, 1.82) is 0 Å². The fourth-order valence-electron chi connectivity index (χ4n) is 2.24. The lowest BCUT2D eigenvalue weighted by atomic mass is 10.0. The Bertz CT molecular complexity index is 534. The van der Waals surface area contributed by atoms with Crippen molar-refractivity contribution in [2.45, 2.75) is 17.7 Å². The predicted octanol–water partition coefficient (Wildman–Crippen LogP) is 0.0494. The van der Waals surface area contributed by atoms with Crippen LogP contribution in [0.1, 0.15) is 12.8 Å². The van der Waals surface area contributed by atoms with Crippen molar-refractivity contribution >= 4 is 15.8 Å². The zero-order chi connectivity index (χ0) is 14.0. The van der Waals surface area contributed by atoms with E-state index in [4.69, 9.17) is 10.5 Å². The first kappa shape index (κ1) is 14.3. The van der Waals surface area contributed by atoms with Crippen LogP contribution < -0.4 is 5.73 Å². The minimum atomic E-state index is -3.56. The number of aromatic nitrogens is 2. The van der Waals surface area contributed by atoms with E-state index in [0.29, 0.717) is 25.7 Å². The van der Waals surface area contributed by atoms with E-state index in [1.54, 1.807) is 14.1 Å². The van der Waals surface area contributed by atoms with Gasteiger partial charge in [0.25, 0.3) is 0 Å². The molecule has 108 valence electrons. The molecular weight excluding hydrogens is 268 g/mol. The van der Waals surface area contributed by atoms with Crippen LogP contribution in [0.25, 0.3) is 0 Å². The Morgan fingerprint density at radius 2 is 2.16 bits per heavy atom. The van der Waals surface area contributed by atoms with Crippen molar-refractivity contribution in [3.05, 3.63) is 6.20 Å². The van der Waals surface area contributed by atoms with Gasteiger partial charge in [-0.1, -0.05) is 0 Å². The zero-order valence-electron chi connectivity index (χ0n) is 11.2. The van der Waals surface area contributed by atoms with Gasteiger partial charge >= 0.3 is 0 Å². The topological polar surface area (TPSA) is 90.5 Å². The molecule has 1 aromatic rings. The standard InChI is InChI=1S/C11H20N4O3S/c1-14-8-10(11(12)13-14)19(16,17)15(2)7-9-3-5-18-6-4-9/h8-9H,3-7H2,1-2H3,(H2,12,13). The maximum absolute atomic E-state index is 12.4. The number of nitrogens with zero attached hydrogens (tertiary/aromatic N) is 3. The fourth-order valence-corrected chi connectivity index (χ4v) is 3.57. The van der Waals surface area contributed by atoms with E-state index < -0.39 is 10.0 Å². The molecule has 1 aliphatic rings. The maximum Gasteiger partial charge on any atom is 0.248 e. The van der Waals surface area contributed by atoms with E-state index >= 15 is 0 Å². The van der Waals surface area contributed by atoms with Crippen LogP contribution in [0.2, 0.25) is 0 Å². The normalized spacial score (nSPS) is 18.1. The predicted molar refractivity (Wildman–Crippen MR) is 71.0 cm³/mol. The molecule has 8 heteroatoms. The monoisotopic (exact) mass is 288 g/mol. The van der Waals surface area contributed by atoms with Crippen LogP contribution in [0.4, 0.5) is 5.82 Å². The summed E-state index contributed by atoms with van der Waals surface area (Å²) in [6.07, 6.45) is 3.22. The Hall–Kier alpha value is -1.12. The Morgan fingerprint density at radius 3 is 2.68 bits per heavy atom. The van der Waals surface area contributed by atoms with Crippen LogP contribution in [0.15, 0.2) is 11.1 Å². The Balaban J connectivity index is 2.12. The third-order valence-electron chi connectivity index (χ3n) is 3.37. The molecule has 7 nitrogen and oxygen atoms in total. The Labute approximate surface area is 113 Å². The maximum atomic E-state index is 12.4. The van der Waals surface area contributed by atoms with Crippen molar-refractivity contribution in [2.24, 2.45) is 13.0 Å². The number of ether oxygens (including phenoxy) is 1. The summed E-state index contributed by atoms with van der Waals surface area (Å²) in [5.74, 6) is 0.382. The first-order valence-corrected chi connectivity index (χ1v) is 7.68. The summed E-state index contributed by atoms with van der Waals surface area (Å²) in [4.78, 5) is 0.0737. The van der Waals surface area contributed by atoms with Gasteiger partial charge in [0, 0.05) is 40.1 Å². The van der Waals surface area contributed by atoms with Crippen LogP contribution in [-0.2, 0) is 21.8 Å². The van der Waals surface area contributed by atoms with Crippen LogP contribution in [-0.4, -0.2) is 49.3 Å². The number of rotatable bonds is 4. The van der Waals surface area contributed by atoms with Crippen LogP contribution in [0.3, 0.4) is 0 Å². The highest BCUT2D eigenvalue weighted by molar-refractivity contribution is 7.89. The van der Waals surface area contributed by atoms with Crippen molar-refractivity contribution < 1.29 is 13.2 Å². The molecule has 0 aromatic carbocycles. The zero-order valence-corrected chi connectivity index (χ0v) is 12.1. The second kappa shape index (κ2) is 5.48. The summed E-state index contributed by atoms with van der Waals surface area (Å²) in [5.41, 5.74) is 5.64. The average Bonchev–Trinajstić information content (AvgIpc) is 2.70. The van der Waals surface area contributed by atoms with E-state index in [-0.39, 0.29) is 10.7 Å². The van der Waals surface area contributed by atoms with Crippen molar-refractivity contribution in [2.75, 3.05) is 32.5 Å². The summed E-state index contributed by atoms with van der Waals surface area (Å²) in [6, 6.07) is 0. The van der Waals surface area contributed by atoms with Crippen LogP contribution in [0.5, 0.6) is 0 Å². The first-order chi connectivity index (χ1) is 8.91. The van der Waals surface area contributed by atoms with E-state index in [1.165, 1.54) is 15.2 Å². The quantitative estimate of drug-likeness (QED) is 0.845. The molecule has 1 aliphatic heterocycles. The summed E-state index contributed by atoms with van der Waals surface area (Å²) < 4.78 is 32.8. The van der Waals surface area contributed by atoms with Gasteiger partial charge in [0.05, 0.1) is 0 Å². The van der Waals surface area contributed by atoms with Gasteiger partial charge in [-0.3, -0.25) is 4.68 Å². The minimum absolute atomic E-state index is 0.0429. The van der Waals surface area contributed by atoms with Gasteiger partial charge in [-0.15, -0.1) is 0 Å². The van der Waals surface area contributed by atoms with Gasteiger partial charge in [0.2, 0.25) is 10.0 Å². The lowest BCUT2D eigenvalue weighted by Gasteiger charge is -2.26. The molecule has 1 saturated heterocycles. The Morgan fingerprint density at radius 1 is 1.53 bits per heavy atom. The second-order valence-corrected chi connectivity index (χ2v) is 6.91. The summed E-state index contributed by atoms with van der Waals surface area (Å²) >= 11 is 0. The molecule has 19 heavy (non-hydrogen) atoms. The molecular formula is C11H20N4O3S. The number of anilines is 1. The lowest BCUT2D eigenvalue weighted by Crippen LogP contribution is -2.34. The molecule has 0 bridgehead atoms. The molecule has 0 amide bonds. The second-order valence-electron chi connectivity index (χ2n) is 4.89. The van der Waals surface area contributed by atoms with E-state index in [1.807, 2.05) is 0 Å². The number of nitrogens with two attached hydrogens (primary N) is 1. The molecule has 0 unspecified atom stereocenters. The van der Waals surface area contributed by atoms with Crippen molar-refractivity contribution in [3.8, 4) is 0 Å². The molecule has 0 saturated carbocycles. The molecule has 0 spiro atoms. The molecule has 0 radical (unpaired) electrons. The van der Waals surface area contributed by atoms with Gasteiger partial charge < -0.3 is 10.5 Å². The number of aryl methyl sites for hydroxylation is 1. The van der Waals surface area contributed by atoms with E-state index in [9.17, 15) is 8.42 Å². The van der Waals surface area contributed by atoms with Gasteiger partial charge in [-0.2, -0.15) is 5.10 Å². The molecule has 2 rings (SSSR count).